The summed E-state index contributed by atoms with van der Waals surface area (Å²) in [7, 11) is 1.71. The Balaban J connectivity index is 2.04. The molecule has 0 bridgehead atoms. The van der Waals surface area contributed by atoms with Crippen molar-refractivity contribution in [3.05, 3.63) is 47.7 Å². The molecule has 0 saturated heterocycles. The number of anilines is 1. The van der Waals surface area contributed by atoms with Gasteiger partial charge in [0.1, 0.15) is 5.82 Å². The predicted molar refractivity (Wildman–Crippen MR) is 90.5 cm³/mol. The zero-order chi connectivity index (χ0) is 16.8. The Kier molecular flexibility index (Phi) is 5.76. The molecule has 0 aliphatic carbocycles. The molecule has 2 aromatic rings. The Morgan fingerprint density at radius 1 is 1.39 bits per heavy atom. The van der Waals surface area contributed by atoms with Gasteiger partial charge in [0.25, 0.3) is 0 Å². The number of amides is 2. The fourth-order valence-corrected chi connectivity index (χ4v) is 2.21. The molecule has 2 N–H and O–H groups in total. The average Bonchev–Trinajstić information content (AvgIpc) is 2.85. The predicted octanol–water partition coefficient (Wildman–Crippen LogP) is 2.47. The first-order chi connectivity index (χ1) is 11.0. The van der Waals surface area contributed by atoms with E-state index in [1.54, 1.807) is 23.6 Å². The van der Waals surface area contributed by atoms with E-state index >= 15 is 0 Å². The number of aryl methyl sites for hydroxylation is 1. The highest BCUT2D eigenvalue weighted by atomic mass is 16.3. The van der Waals surface area contributed by atoms with Crippen LogP contribution in [0.4, 0.5) is 10.6 Å². The van der Waals surface area contributed by atoms with E-state index in [9.17, 15) is 9.90 Å². The van der Waals surface area contributed by atoms with Gasteiger partial charge in [-0.25, -0.2) is 9.48 Å². The number of aliphatic hydroxyl groups excluding tert-OH is 1. The quantitative estimate of drug-likeness (QED) is 0.860. The third kappa shape index (κ3) is 5.10. The molecule has 0 aliphatic rings. The van der Waals surface area contributed by atoms with Crippen LogP contribution in [0, 0.1) is 6.92 Å². The molecule has 1 unspecified atom stereocenters. The molecular weight excluding hydrogens is 292 g/mol. The number of aliphatic hydroxyl groups is 1. The lowest BCUT2D eigenvalue weighted by Gasteiger charge is -2.19. The van der Waals surface area contributed by atoms with Gasteiger partial charge in [0, 0.05) is 19.7 Å². The van der Waals surface area contributed by atoms with E-state index in [-0.39, 0.29) is 6.03 Å². The molecule has 0 fully saturated rings. The molecule has 1 aromatic carbocycles. The van der Waals surface area contributed by atoms with Crippen LogP contribution in [-0.4, -0.2) is 45.5 Å². The summed E-state index contributed by atoms with van der Waals surface area (Å²) in [6, 6.07) is 11.6. The smallest absolute Gasteiger partial charge is 0.322 e. The Morgan fingerprint density at radius 2 is 2.09 bits per heavy atom. The van der Waals surface area contributed by atoms with Crippen molar-refractivity contribution in [2.75, 3.05) is 18.9 Å². The van der Waals surface area contributed by atoms with Crippen molar-refractivity contribution in [3.8, 4) is 0 Å². The molecule has 0 saturated carbocycles. The summed E-state index contributed by atoms with van der Waals surface area (Å²) in [6.07, 6.45) is 0.128. The van der Waals surface area contributed by atoms with Gasteiger partial charge in [-0.3, -0.25) is 5.32 Å². The van der Waals surface area contributed by atoms with Crippen LogP contribution in [0.2, 0.25) is 0 Å². The van der Waals surface area contributed by atoms with Crippen molar-refractivity contribution in [3.63, 3.8) is 0 Å². The molecular formula is C17H24N4O2. The lowest BCUT2D eigenvalue weighted by molar-refractivity contribution is 0.167. The number of hydrogen-bond acceptors (Lipinski definition) is 3. The van der Waals surface area contributed by atoms with Crippen LogP contribution in [0.1, 0.15) is 24.6 Å². The first-order valence-electron chi connectivity index (χ1n) is 7.74. The highest BCUT2D eigenvalue weighted by Gasteiger charge is 2.13. The van der Waals surface area contributed by atoms with Crippen LogP contribution in [0.25, 0.3) is 0 Å². The van der Waals surface area contributed by atoms with Crippen molar-refractivity contribution in [2.45, 2.75) is 32.9 Å². The van der Waals surface area contributed by atoms with Gasteiger partial charge in [-0.05, 0) is 25.8 Å². The molecule has 2 amide bonds. The van der Waals surface area contributed by atoms with Gasteiger partial charge in [-0.2, -0.15) is 5.10 Å². The lowest BCUT2D eigenvalue weighted by atomic mass is 10.2. The Bertz CT molecular complexity index is 637. The lowest BCUT2D eigenvalue weighted by Crippen LogP contribution is -2.34. The molecule has 1 atom stereocenters. The number of hydrogen-bond donors (Lipinski definition) is 2. The van der Waals surface area contributed by atoms with E-state index in [1.807, 2.05) is 43.3 Å². The molecule has 0 spiro atoms. The molecule has 6 nitrogen and oxygen atoms in total. The van der Waals surface area contributed by atoms with Crippen LogP contribution in [0.5, 0.6) is 0 Å². The van der Waals surface area contributed by atoms with E-state index < -0.39 is 6.10 Å². The number of rotatable bonds is 6. The van der Waals surface area contributed by atoms with Crippen molar-refractivity contribution in [1.82, 2.24) is 14.7 Å². The van der Waals surface area contributed by atoms with Crippen LogP contribution in [-0.2, 0) is 6.54 Å². The fraction of sp³-hybridized carbons (Fsp3) is 0.412. The largest absolute Gasteiger partial charge is 0.393 e. The Labute approximate surface area is 136 Å². The second kappa shape index (κ2) is 7.78. The van der Waals surface area contributed by atoms with E-state index in [2.05, 4.69) is 10.4 Å². The van der Waals surface area contributed by atoms with Gasteiger partial charge < -0.3 is 10.0 Å². The summed E-state index contributed by atoms with van der Waals surface area (Å²) in [6.45, 7) is 4.70. The first kappa shape index (κ1) is 17.0. The van der Waals surface area contributed by atoms with Crippen molar-refractivity contribution in [1.29, 1.82) is 0 Å². The van der Waals surface area contributed by atoms with E-state index in [0.717, 1.165) is 11.3 Å². The number of carbonyl (C=O) groups is 1. The second-order valence-electron chi connectivity index (χ2n) is 5.80. The summed E-state index contributed by atoms with van der Waals surface area (Å²) in [5, 5.41) is 16.6. The minimum Gasteiger partial charge on any atom is -0.393 e. The number of urea groups is 1. The van der Waals surface area contributed by atoms with E-state index in [4.69, 9.17) is 0 Å². The summed E-state index contributed by atoms with van der Waals surface area (Å²) in [4.78, 5) is 13.8. The number of benzene rings is 1. The average molecular weight is 316 g/mol. The second-order valence-corrected chi connectivity index (χ2v) is 5.80. The normalized spacial score (nSPS) is 12.0. The van der Waals surface area contributed by atoms with Crippen molar-refractivity contribution >= 4 is 11.8 Å². The van der Waals surface area contributed by atoms with Crippen LogP contribution < -0.4 is 5.32 Å². The zero-order valence-electron chi connectivity index (χ0n) is 13.9. The monoisotopic (exact) mass is 316 g/mol. The number of nitrogens with one attached hydrogen (secondary N) is 1. The van der Waals surface area contributed by atoms with Gasteiger partial charge >= 0.3 is 6.03 Å². The van der Waals surface area contributed by atoms with Crippen LogP contribution in [0.3, 0.4) is 0 Å². The molecule has 1 aromatic heterocycles. The molecule has 23 heavy (non-hydrogen) atoms. The summed E-state index contributed by atoms with van der Waals surface area (Å²) in [5.74, 6) is 0.667. The summed E-state index contributed by atoms with van der Waals surface area (Å²) < 4.78 is 1.78. The van der Waals surface area contributed by atoms with E-state index in [1.165, 1.54) is 0 Å². The van der Waals surface area contributed by atoms with Gasteiger partial charge in [-0.15, -0.1) is 0 Å². The molecule has 6 heteroatoms. The third-order valence-corrected chi connectivity index (χ3v) is 3.54. The highest BCUT2D eigenvalue weighted by Crippen LogP contribution is 2.13. The van der Waals surface area contributed by atoms with Crippen LogP contribution >= 0.6 is 0 Å². The Hall–Kier alpha value is -2.34. The minimum absolute atomic E-state index is 0.208. The SMILES string of the molecule is Cc1cc(NC(=O)N(C)CCC(C)O)n(Cc2ccccc2)n1. The fourth-order valence-electron chi connectivity index (χ4n) is 2.21. The molecule has 2 rings (SSSR count). The molecule has 0 radical (unpaired) electrons. The van der Waals surface area contributed by atoms with Gasteiger partial charge in [0.05, 0.1) is 18.3 Å². The maximum atomic E-state index is 12.2. The molecule has 124 valence electrons. The van der Waals surface area contributed by atoms with Crippen LogP contribution in [0.15, 0.2) is 36.4 Å². The maximum absolute atomic E-state index is 12.2. The number of carbonyl (C=O) groups excluding carboxylic acids is 1. The Morgan fingerprint density at radius 3 is 2.74 bits per heavy atom. The topological polar surface area (TPSA) is 70.4 Å². The number of nitrogens with zero attached hydrogens (tertiary/aromatic N) is 3. The third-order valence-electron chi connectivity index (χ3n) is 3.54. The highest BCUT2D eigenvalue weighted by molar-refractivity contribution is 5.88. The van der Waals surface area contributed by atoms with Crippen molar-refractivity contribution in [2.24, 2.45) is 0 Å². The van der Waals surface area contributed by atoms with Gasteiger partial charge in [0.2, 0.25) is 0 Å². The molecule has 1 heterocycles. The number of aromatic nitrogens is 2. The molecule has 0 aliphatic heterocycles. The zero-order valence-corrected chi connectivity index (χ0v) is 13.9. The summed E-state index contributed by atoms with van der Waals surface area (Å²) in [5.41, 5.74) is 1.97. The van der Waals surface area contributed by atoms with E-state index in [0.29, 0.717) is 25.3 Å². The standard InChI is InChI=1S/C17H24N4O2/c1-13-11-16(18-17(23)20(3)10-9-14(2)22)21(19-13)12-15-7-5-4-6-8-15/h4-8,11,14,22H,9-10,12H2,1-3H3,(H,18,23). The first-order valence-corrected chi connectivity index (χ1v) is 7.74. The van der Waals surface area contributed by atoms with Gasteiger partial charge in [-0.1, -0.05) is 30.3 Å². The van der Waals surface area contributed by atoms with Gasteiger partial charge in [0.15, 0.2) is 0 Å². The van der Waals surface area contributed by atoms with Crippen molar-refractivity contribution < 1.29 is 9.90 Å². The maximum Gasteiger partial charge on any atom is 0.322 e. The minimum atomic E-state index is -0.420. The summed E-state index contributed by atoms with van der Waals surface area (Å²) >= 11 is 0.